The second-order valence-electron chi connectivity index (χ2n) is 6.31. The summed E-state index contributed by atoms with van der Waals surface area (Å²) >= 11 is 1.49. The minimum absolute atomic E-state index is 0.0108. The molecule has 2 aliphatic rings. The van der Waals surface area contributed by atoms with Crippen LogP contribution in [0.4, 0.5) is 14.9 Å². The zero-order chi connectivity index (χ0) is 18.0. The van der Waals surface area contributed by atoms with Gasteiger partial charge in [0.25, 0.3) is 0 Å². The van der Waals surface area contributed by atoms with Gasteiger partial charge in [0.05, 0.1) is 24.2 Å². The molecule has 25 heavy (non-hydrogen) atoms. The molecule has 1 unspecified atom stereocenters. The number of rotatable bonds is 4. The molecule has 0 saturated carbocycles. The van der Waals surface area contributed by atoms with Crippen LogP contribution in [-0.2, 0) is 9.53 Å². The van der Waals surface area contributed by atoms with E-state index in [4.69, 9.17) is 4.74 Å². The van der Waals surface area contributed by atoms with E-state index in [-0.39, 0.29) is 30.7 Å². The summed E-state index contributed by atoms with van der Waals surface area (Å²) in [5.74, 6) is 0.219. The summed E-state index contributed by atoms with van der Waals surface area (Å²) in [7, 11) is 0. The standard InChI is InChI=1S/C17H21FN2O4S/c1-10(21)19-8-13-9-20(17(23)24-13)12-2-3-14(15(18)7-12)11-4-5-25-16(22)6-11/h2-3,7,11,13,16,22H,4-6,8-9H2,1H3,(H,19,21)/t11-,13?,16+/m0/s1. The Balaban J connectivity index is 1.70. The number of amides is 2. The number of aliphatic hydroxyl groups excluding tert-OH is 1. The molecule has 3 atom stereocenters. The first kappa shape index (κ1) is 18.0. The van der Waals surface area contributed by atoms with Crippen molar-refractivity contribution < 1.29 is 23.8 Å². The van der Waals surface area contributed by atoms with Gasteiger partial charge in [-0.2, -0.15) is 0 Å². The number of anilines is 1. The van der Waals surface area contributed by atoms with Gasteiger partial charge >= 0.3 is 6.09 Å². The fourth-order valence-corrected chi connectivity index (χ4v) is 4.23. The molecule has 0 aromatic heterocycles. The molecule has 2 saturated heterocycles. The zero-order valence-electron chi connectivity index (χ0n) is 13.9. The van der Waals surface area contributed by atoms with Crippen molar-refractivity contribution in [3.63, 3.8) is 0 Å². The third kappa shape index (κ3) is 4.24. The van der Waals surface area contributed by atoms with E-state index in [1.54, 1.807) is 12.1 Å². The SMILES string of the molecule is CC(=O)NCC1CN(c2ccc([C@H]3CCS[C@@H](O)C3)c(F)c2)C(=O)O1. The van der Waals surface area contributed by atoms with E-state index in [0.29, 0.717) is 17.7 Å². The number of aliphatic hydroxyl groups is 1. The van der Waals surface area contributed by atoms with Crippen LogP contribution >= 0.6 is 11.8 Å². The van der Waals surface area contributed by atoms with Gasteiger partial charge in [0.2, 0.25) is 5.91 Å². The smallest absolute Gasteiger partial charge is 0.414 e. The molecule has 6 nitrogen and oxygen atoms in total. The highest BCUT2D eigenvalue weighted by Gasteiger charge is 2.33. The quantitative estimate of drug-likeness (QED) is 0.852. The van der Waals surface area contributed by atoms with E-state index >= 15 is 0 Å². The lowest BCUT2D eigenvalue weighted by molar-refractivity contribution is -0.119. The second-order valence-corrected chi connectivity index (χ2v) is 7.59. The van der Waals surface area contributed by atoms with Gasteiger partial charge in [-0.25, -0.2) is 9.18 Å². The average Bonchev–Trinajstić information content (AvgIpc) is 2.94. The lowest BCUT2D eigenvalue weighted by Crippen LogP contribution is -2.33. The largest absolute Gasteiger partial charge is 0.442 e. The van der Waals surface area contributed by atoms with Crippen LogP contribution in [0.2, 0.25) is 0 Å². The monoisotopic (exact) mass is 368 g/mol. The third-order valence-corrected chi connectivity index (χ3v) is 5.50. The first-order chi connectivity index (χ1) is 11.9. The number of halogens is 1. The third-order valence-electron chi connectivity index (χ3n) is 4.45. The molecule has 1 aromatic carbocycles. The van der Waals surface area contributed by atoms with Crippen molar-refractivity contribution in [2.75, 3.05) is 23.7 Å². The Kier molecular flexibility index (Phi) is 5.48. The van der Waals surface area contributed by atoms with Crippen LogP contribution in [0.5, 0.6) is 0 Å². The highest BCUT2D eigenvalue weighted by Crippen LogP contribution is 2.37. The van der Waals surface area contributed by atoms with Crippen LogP contribution in [0, 0.1) is 5.82 Å². The number of ether oxygens (including phenoxy) is 1. The highest BCUT2D eigenvalue weighted by molar-refractivity contribution is 7.99. The van der Waals surface area contributed by atoms with Gasteiger partial charge in [0.15, 0.2) is 0 Å². The van der Waals surface area contributed by atoms with Gasteiger partial charge in [0, 0.05) is 6.92 Å². The fourth-order valence-electron chi connectivity index (χ4n) is 3.17. The van der Waals surface area contributed by atoms with Crippen LogP contribution in [0.25, 0.3) is 0 Å². The van der Waals surface area contributed by atoms with Crippen LogP contribution in [-0.4, -0.2) is 47.5 Å². The minimum Gasteiger partial charge on any atom is -0.442 e. The van der Waals surface area contributed by atoms with Gasteiger partial charge in [-0.05, 0) is 42.2 Å². The van der Waals surface area contributed by atoms with Crippen molar-refractivity contribution in [2.24, 2.45) is 0 Å². The molecular formula is C17H21FN2O4S. The van der Waals surface area contributed by atoms with Crippen molar-refractivity contribution in [2.45, 2.75) is 37.2 Å². The second kappa shape index (κ2) is 7.61. The van der Waals surface area contributed by atoms with Crippen LogP contribution in [0.15, 0.2) is 18.2 Å². The fraction of sp³-hybridized carbons (Fsp3) is 0.529. The van der Waals surface area contributed by atoms with Crippen molar-refractivity contribution >= 4 is 29.4 Å². The van der Waals surface area contributed by atoms with Gasteiger partial charge in [0.1, 0.15) is 11.9 Å². The lowest BCUT2D eigenvalue weighted by Gasteiger charge is -2.26. The summed E-state index contributed by atoms with van der Waals surface area (Å²) in [4.78, 5) is 24.3. The molecular weight excluding hydrogens is 347 g/mol. The van der Waals surface area contributed by atoms with Crippen LogP contribution < -0.4 is 10.2 Å². The molecule has 8 heteroatoms. The number of hydrogen-bond donors (Lipinski definition) is 2. The molecule has 3 rings (SSSR count). The summed E-state index contributed by atoms with van der Waals surface area (Å²) in [6.45, 7) is 1.88. The van der Waals surface area contributed by atoms with Crippen molar-refractivity contribution in [3.05, 3.63) is 29.6 Å². The summed E-state index contributed by atoms with van der Waals surface area (Å²) in [5.41, 5.74) is 0.550. The number of thioether (sulfide) groups is 1. The first-order valence-electron chi connectivity index (χ1n) is 8.25. The maximum absolute atomic E-state index is 14.6. The molecule has 0 radical (unpaired) electrons. The van der Waals surface area contributed by atoms with E-state index in [2.05, 4.69) is 5.32 Å². The maximum atomic E-state index is 14.6. The van der Waals surface area contributed by atoms with Crippen LogP contribution in [0.1, 0.15) is 31.2 Å². The normalized spacial score (nSPS) is 26.4. The summed E-state index contributed by atoms with van der Waals surface area (Å²) in [6, 6.07) is 4.73. The Morgan fingerprint density at radius 1 is 1.52 bits per heavy atom. The van der Waals surface area contributed by atoms with E-state index < -0.39 is 17.6 Å². The van der Waals surface area contributed by atoms with Crippen molar-refractivity contribution in [1.82, 2.24) is 5.32 Å². The molecule has 136 valence electrons. The maximum Gasteiger partial charge on any atom is 0.414 e. The Labute approximate surface area is 149 Å². The molecule has 1 aromatic rings. The number of nitrogens with one attached hydrogen (secondary N) is 1. The lowest BCUT2D eigenvalue weighted by atomic mass is 9.92. The minimum atomic E-state index is -0.549. The van der Waals surface area contributed by atoms with Gasteiger partial charge in [-0.3, -0.25) is 9.69 Å². The predicted octanol–water partition coefficient (Wildman–Crippen LogP) is 2.22. The zero-order valence-corrected chi connectivity index (χ0v) is 14.7. The summed E-state index contributed by atoms with van der Waals surface area (Å²) in [6.07, 6.45) is 0.352. The van der Waals surface area contributed by atoms with Gasteiger partial charge < -0.3 is 15.2 Å². The van der Waals surface area contributed by atoms with Gasteiger partial charge in [-0.1, -0.05) is 6.07 Å². The Morgan fingerprint density at radius 2 is 2.32 bits per heavy atom. The van der Waals surface area contributed by atoms with E-state index in [9.17, 15) is 19.1 Å². The number of cyclic esters (lactones) is 1. The predicted molar refractivity (Wildman–Crippen MR) is 93.1 cm³/mol. The molecule has 2 N–H and O–H groups in total. The Bertz CT molecular complexity index is 672. The van der Waals surface area contributed by atoms with Crippen molar-refractivity contribution in [3.8, 4) is 0 Å². The summed E-state index contributed by atoms with van der Waals surface area (Å²) < 4.78 is 19.8. The average molecular weight is 368 g/mol. The Hall–Kier alpha value is -1.80. The molecule has 0 bridgehead atoms. The molecule has 2 amide bonds. The van der Waals surface area contributed by atoms with Crippen LogP contribution in [0.3, 0.4) is 0 Å². The number of carbonyl (C=O) groups excluding carboxylic acids is 2. The molecule has 0 aliphatic carbocycles. The van der Waals surface area contributed by atoms with E-state index in [1.807, 2.05) is 0 Å². The first-order valence-corrected chi connectivity index (χ1v) is 9.30. The molecule has 2 heterocycles. The topological polar surface area (TPSA) is 78.9 Å². The van der Waals surface area contributed by atoms with E-state index in [0.717, 1.165) is 12.2 Å². The number of hydrogen-bond acceptors (Lipinski definition) is 5. The highest BCUT2D eigenvalue weighted by atomic mass is 32.2. The van der Waals surface area contributed by atoms with E-state index in [1.165, 1.54) is 29.7 Å². The Morgan fingerprint density at radius 3 is 3.00 bits per heavy atom. The van der Waals surface area contributed by atoms with Gasteiger partial charge in [-0.15, -0.1) is 11.8 Å². The number of carbonyl (C=O) groups is 2. The molecule has 2 fully saturated rings. The summed E-state index contributed by atoms with van der Waals surface area (Å²) in [5, 5.41) is 12.4. The number of nitrogens with zero attached hydrogens (tertiary/aromatic N) is 1. The molecule has 2 aliphatic heterocycles. The van der Waals surface area contributed by atoms with Crippen molar-refractivity contribution in [1.29, 1.82) is 0 Å². The number of benzene rings is 1. The molecule has 0 spiro atoms.